The molecule has 0 saturated heterocycles. The minimum absolute atomic E-state index is 0.480. The Kier molecular flexibility index (Phi) is 5.48. The van der Waals surface area contributed by atoms with Crippen molar-refractivity contribution in [3.05, 3.63) is 77.4 Å². The summed E-state index contributed by atoms with van der Waals surface area (Å²) in [6, 6.07) is 20.1. The molecule has 3 aromatic rings. The van der Waals surface area contributed by atoms with Crippen LogP contribution >= 0.6 is 0 Å². The minimum Gasteiger partial charge on any atom is -0.488 e. The van der Waals surface area contributed by atoms with Crippen LogP contribution in [0.4, 0.5) is 0 Å². The lowest BCUT2D eigenvalue weighted by Gasteiger charge is -2.10. The summed E-state index contributed by atoms with van der Waals surface area (Å²) in [7, 11) is 0. The highest BCUT2D eigenvalue weighted by Crippen LogP contribution is 2.26. The van der Waals surface area contributed by atoms with Crippen molar-refractivity contribution in [2.24, 2.45) is 0 Å². The average Bonchev–Trinajstić information content (AvgIpc) is 2.99. The third-order valence-electron chi connectivity index (χ3n) is 4.93. The first-order valence-electron chi connectivity index (χ1n) is 9.65. The summed E-state index contributed by atoms with van der Waals surface area (Å²) in [5.74, 6) is 2.37. The summed E-state index contributed by atoms with van der Waals surface area (Å²) in [6.07, 6.45) is 6.17. The van der Waals surface area contributed by atoms with Crippen molar-refractivity contribution in [3.63, 3.8) is 0 Å². The van der Waals surface area contributed by atoms with Crippen molar-refractivity contribution < 1.29 is 4.74 Å². The van der Waals surface area contributed by atoms with Crippen LogP contribution in [0.15, 0.2) is 54.6 Å². The van der Waals surface area contributed by atoms with Gasteiger partial charge in [0, 0.05) is 18.5 Å². The van der Waals surface area contributed by atoms with E-state index < -0.39 is 0 Å². The Labute approximate surface area is 164 Å². The molecule has 0 unspecified atom stereocenters. The highest BCUT2D eigenvalue weighted by molar-refractivity contribution is 5.88. The van der Waals surface area contributed by atoms with Gasteiger partial charge in [0.15, 0.2) is 5.82 Å². The first-order chi connectivity index (χ1) is 13.8. The van der Waals surface area contributed by atoms with Crippen LogP contribution in [-0.2, 0) is 19.6 Å². The van der Waals surface area contributed by atoms with E-state index >= 15 is 0 Å². The Morgan fingerprint density at radius 1 is 1.04 bits per heavy atom. The molecule has 0 aliphatic carbocycles. The molecule has 0 radical (unpaired) electrons. The Morgan fingerprint density at radius 3 is 2.71 bits per heavy atom. The fourth-order valence-corrected chi connectivity index (χ4v) is 3.45. The van der Waals surface area contributed by atoms with E-state index in [2.05, 4.69) is 20.8 Å². The Morgan fingerprint density at radius 2 is 1.86 bits per heavy atom. The number of ether oxygens (including phenoxy) is 1. The monoisotopic (exact) mass is 370 g/mol. The molecule has 0 saturated carbocycles. The lowest BCUT2D eigenvalue weighted by molar-refractivity contribution is 0.305. The van der Waals surface area contributed by atoms with E-state index in [9.17, 15) is 5.26 Å². The zero-order chi connectivity index (χ0) is 19.2. The van der Waals surface area contributed by atoms with Gasteiger partial charge in [0.05, 0.1) is 5.57 Å². The molecule has 5 nitrogen and oxygen atoms in total. The van der Waals surface area contributed by atoms with Crippen LogP contribution in [0.5, 0.6) is 5.75 Å². The SMILES string of the molecule is N#C/C(=C/c1ccccc1OCc1ccccc1)c1nnc2n1CCCCC2. The lowest BCUT2D eigenvalue weighted by Crippen LogP contribution is -2.05. The highest BCUT2D eigenvalue weighted by Gasteiger charge is 2.18. The van der Waals surface area contributed by atoms with Gasteiger partial charge >= 0.3 is 0 Å². The Hall–Kier alpha value is -3.39. The van der Waals surface area contributed by atoms with Gasteiger partial charge in [0.2, 0.25) is 0 Å². The van der Waals surface area contributed by atoms with Gasteiger partial charge in [-0.1, -0.05) is 55.0 Å². The van der Waals surface area contributed by atoms with E-state index in [1.54, 1.807) is 0 Å². The number of aromatic nitrogens is 3. The number of hydrogen-bond acceptors (Lipinski definition) is 4. The molecule has 1 aliphatic rings. The molecule has 28 heavy (non-hydrogen) atoms. The minimum atomic E-state index is 0.480. The second-order valence-corrected chi connectivity index (χ2v) is 6.88. The van der Waals surface area contributed by atoms with E-state index in [1.807, 2.05) is 60.7 Å². The number of nitriles is 1. The van der Waals surface area contributed by atoms with Gasteiger partial charge in [-0.25, -0.2) is 0 Å². The van der Waals surface area contributed by atoms with Crippen molar-refractivity contribution >= 4 is 11.6 Å². The number of benzene rings is 2. The van der Waals surface area contributed by atoms with E-state index in [1.165, 1.54) is 6.42 Å². The summed E-state index contributed by atoms with van der Waals surface area (Å²) < 4.78 is 8.11. The molecule has 4 rings (SSSR count). The summed E-state index contributed by atoms with van der Waals surface area (Å²) in [4.78, 5) is 0. The fraction of sp³-hybridized carbons (Fsp3) is 0.261. The molecule has 0 bridgehead atoms. The van der Waals surface area contributed by atoms with Gasteiger partial charge < -0.3 is 9.30 Å². The zero-order valence-corrected chi connectivity index (χ0v) is 15.7. The van der Waals surface area contributed by atoms with Gasteiger partial charge in [-0.05, 0) is 30.5 Å². The summed E-state index contributed by atoms with van der Waals surface area (Å²) in [5, 5.41) is 18.4. The van der Waals surface area contributed by atoms with Crippen molar-refractivity contribution in [2.45, 2.75) is 38.8 Å². The third-order valence-corrected chi connectivity index (χ3v) is 4.93. The van der Waals surface area contributed by atoms with Crippen LogP contribution in [0.3, 0.4) is 0 Å². The number of hydrogen-bond donors (Lipinski definition) is 0. The first-order valence-corrected chi connectivity index (χ1v) is 9.65. The smallest absolute Gasteiger partial charge is 0.174 e. The van der Waals surface area contributed by atoms with E-state index in [0.29, 0.717) is 18.0 Å². The fourth-order valence-electron chi connectivity index (χ4n) is 3.45. The van der Waals surface area contributed by atoms with Crippen LogP contribution in [0.1, 0.15) is 42.0 Å². The van der Waals surface area contributed by atoms with Gasteiger partial charge in [-0.3, -0.25) is 0 Å². The zero-order valence-electron chi connectivity index (χ0n) is 15.7. The Balaban J connectivity index is 1.63. The number of fused-ring (bicyclic) bond motifs is 1. The van der Waals surface area contributed by atoms with Crippen LogP contribution in [0.25, 0.3) is 11.6 Å². The summed E-state index contributed by atoms with van der Waals surface area (Å²) in [5.41, 5.74) is 2.47. The topological polar surface area (TPSA) is 63.7 Å². The van der Waals surface area contributed by atoms with Gasteiger partial charge in [0.25, 0.3) is 0 Å². The largest absolute Gasteiger partial charge is 0.488 e. The molecule has 1 aromatic heterocycles. The van der Waals surface area contributed by atoms with Gasteiger partial charge in [-0.15, -0.1) is 10.2 Å². The number of allylic oxidation sites excluding steroid dienone is 1. The van der Waals surface area contributed by atoms with Crippen molar-refractivity contribution in [1.29, 1.82) is 5.26 Å². The maximum absolute atomic E-state index is 9.79. The third kappa shape index (κ3) is 3.96. The molecule has 140 valence electrons. The number of rotatable bonds is 5. The molecule has 0 N–H and O–H groups in total. The summed E-state index contributed by atoms with van der Waals surface area (Å²) in [6.45, 7) is 1.34. The molecule has 5 heteroatoms. The van der Waals surface area contributed by atoms with Crippen LogP contribution in [-0.4, -0.2) is 14.8 Å². The van der Waals surface area contributed by atoms with Gasteiger partial charge in [-0.2, -0.15) is 5.26 Å². The molecule has 0 amide bonds. The van der Waals surface area contributed by atoms with Crippen LogP contribution in [0, 0.1) is 11.3 Å². The molecular weight excluding hydrogens is 348 g/mol. The lowest BCUT2D eigenvalue weighted by atomic mass is 10.1. The van der Waals surface area contributed by atoms with E-state index in [4.69, 9.17) is 4.74 Å². The number of aryl methyl sites for hydroxylation is 1. The molecular formula is C23H22N4O. The predicted octanol–water partition coefficient (Wildman–Crippen LogP) is 4.65. The molecule has 0 spiro atoms. The Bertz CT molecular complexity index is 1010. The first kappa shape index (κ1) is 18.0. The highest BCUT2D eigenvalue weighted by atomic mass is 16.5. The van der Waals surface area contributed by atoms with Crippen molar-refractivity contribution in [1.82, 2.24) is 14.8 Å². The maximum Gasteiger partial charge on any atom is 0.174 e. The normalized spacial score (nSPS) is 14.0. The molecule has 0 atom stereocenters. The predicted molar refractivity (Wildman–Crippen MR) is 108 cm³/mol. The van der Waals surface area contributed by atoms with Gasteiger partial charge in [0.1, 0.15) is 24.3 Å². The average molecular weight is 370 g/mol. The molecule has 0 fully saturated rings. The van der Waals surface area contributed by atoms with Crippen molar-refractivity contribution in [2.75, 3.05) is 0 Å². The van der Waals surface area contributed by atoms with E-state index in [-0.39, 0.29) is 0 Å². The van der Waals surface area contributed by atoms with Crippen LogP contribution < -0.4 is 4.74 Å². The molecule has 1 aliphatic heterocycles. The number of nitrogens with zero attached hydrogens (tertiary/aromatic N) is 4. The standard InChI is InChI=1S/C23H22N4O/c24-16-20(23-26-25-22-13-5-2-8-14-27(22)23)15-19-11-6-7-12-21(19)28-17-18-9-3-1-4-10-18/h1,3-4,6-7,9-12,15H,2,5,8,13-14,17H2/b20-15-. The quantitative estimate of drug-likeness (QED) is 0.613. The maximum atomic E-state index is 9.79. The second-order valence-electron chi connectivity index (χ2n) is 6.88. The molecule has 2 heterocycles. The van der Waals surface area contributed by atoms with Crippen LogP contribution in [0.2, 0.25) is 0 Å². The second kappa shape index (κ2) is 8.53. The number of para-hydroxylation sites is 1. The van der Waals surface area contributed by atoms with E-state index in [0.717, 1.165) is 48.5 Å². The molecule has 2 aromatic carbocycles. The van der Waals surface area contributed by atoms with Crippen molar-refractivity contribution in [3.8, 4) is 11.8 Å². The summed E-state index contributed by atoms with van der Waals surface area (Å²) >= 11 is 0.